The minimum atomic E-state index is -0.684. The molecule has 0 spiro atoms. The number of carbonyl (C=O) groups is 1. The summed E-state index contributed by atoms with van der Waals surface area (Å²) in [7, 11) is 0. The fraction of sp³-hybridized carbons (Fsp3) is 0.958. The van der Waals surface area contributed by atoms with Crippen molar-refractivity contribution in [3.63, 3.8) is 0 Å². The third-order valence-corrected chi connectivity index (χ3v) is 10.2. The van der Waals surface area contributed by atoms with Gasteiger partial charge in [0, 0.05) is 36.0 Å². The molecule has 0 saturated heterocycles. The van der Waals surface area contributed by atoms with Gasteiger partial charge in [-0.1, -0.05) is 20.8 Å². The average Bonchev–Trinajstić information content (AvgIpc) is 2.98. The van der Waals surface area contributed by atoms with Crippen molar-refractivity contribution >= 4 is 35.5 Å². The van der Waals surface area contributed by atoms with Gasteiger partial charge >= 0.3 is 5.97 Å². The molecule has 4 aliphatic rings. The summed E-state index contributed by atoms with van der Waals surface area (Å²) in [5.74, 6) is 2.36. The van der Waals surface area contributed by atoms with E-state index in [4.69, 9.17) is 5.11 Å². The Bertz CT molecular complexity index is 614. The van der Waals surface area contributed by atoms with Gasteiger partial charge < -0.3 is 20.8 Å². The normalized spacial score (nSPS) is 48.2. The zero-order valence-corrected chi connectivity index (χ0v) is 21.4. The predicted molar refractivity (Wildman–Crippen MR) is 118 cm³/mol. The number of carboxylic acids is 1. The van der Waals surface area contributed by atoms with E-state index in [1.807, 2.05) is 0 Å². The molecule has 6 heteroatoms. The van der Waals surface area contributed by atoms with Crippen LogP contribution >= 0.6 is 0 Å². The smallest absolute Gasteiger partial charge is 0.303 e. The van der Waals surface area contributed by atoms with Gasteiger partial charge in [0.05, 0.1) is 12.2 Å². The second-order valence-corrected chi connectivity index (χ2v) is 11.4. The molecule has 30 heavy (non-hydrogen) atoms. The summed E-state index contributed by atoms with van der Waals surface area (Å²) >= 11 is 0. The summed E-state index contributed by atoms with van der Waals surface area (Å²) in [4.78, 5) is 11.1. The first-order valence-corrected chi connectivity index (χ1v) is 11.7. The molecule has 1 radical (unpaired) electrons. The minimum absolute atomic E-state index is 0. The van der Waals surface area contributed by atoms with Crippen LogP contribution in [0, 0.1) is 46.3 Å². The molecule has 0 bridgehead atoms. The van der Waals surface area contributed by atoms with E-state index in [0.29, 0.717) is 35.5 Å². The van der Waals surface area contributed by atoms with Crippen molar-refractivity contribution in [3.8, 4) is 0 Å². The molecule has 0 heterocycles. The Labute approximate surface area is 204 Å². The molecule has 4 fully saturated rings. The van der Waals surface area contributed by atoms with Crippen LogP contribution in [0.15, 0.2) is 0 Å². The van der Waals surface area contributed by atoms with Crippen molar-refractivity contribution in [2.45, 2.75) is 97.2 Å². The van der Waals surface area contributed by atoms with E-state index >= 15 is 0 Å². The third-order valence-electron chi connectivity index (χ3n) is 10.2. The first kappa shape index (κ1) is 26.6. The van der Waals surface area contributed by atoms with Gasteiger partial charge in [0.15, 0.2) is 0 Å². The van der Waals surface area contributed by atoms with Gasteiger partial charge in [0.2, 0.25) is 0 Å². The Balaban J connectivity index is 0.00000160. The number of rotatable bonds is 4. The van der Waals surface area contributed by atoms with Gasteiger partial charge in [-0.15, -0.1) is 0 Å². The van der Waals surface area contributed by atoms with Crippen LogP contribution in [0.4, 0.5) is 0 Å². The standard InChI is InChI=1S/C24H40O4.Na.H2O/c1-14(4-7-21(27)28)17-5-6-18-22-19(9-11-24(17,18)3)23(2)10-8-16(25)12-15(23)13-20(22)26;;/h14-20,22,25-26H,4-13H2,1-3H3,(H,27,28);;1H2/t14-,15+,16-,17-,18+,19+,20-,22+,23+,24-;;/m1../s1. The van der Waals surface area contributed by atoms with Gasteiger partial charge in [-0.25, -0.2) is 0 Å². The average molecular weight is 434 g/mol. The topological polar surface area (TPSA) is 109 Å². The molecule has 4 rings (SSSR count). The van der Waals surface area contributed by atoms with E-state index in [0.717, 1.165) is 32.1 Å². The number of fused-ring (bicyclic) bond motifs is 5. The summed E-state index contributed by atoms with van der Waals surface area (Å²) in [5.41, 5.74) is 0.523. The molecule has 4 saturated carbocycles. The summed E-state index contributed by atoms with van der Waals surface area (Å²) in [6.45, 7) is 7.16. The van der Waals surface area contributed by atoms with Crippen LogP contribution in [0.3, 0.4) is 0 Å². The maximum absolute atomic E-state index is 11.2. The molecule has 5 N–H and O–H groups in total. The molecular weight excluding hydrogens is 391 g/mol. The van der Waals surface area contributed by atoms with Gasteiger partial charge in [0.25, 0.3) is 0 Å². The summed E-state index contributed by atoms with van der Waals surface area (Å²) in [6, 6.07) is 0. The number of carboxylic acid groups (broad SMARTS) is 1. The fourth-order valence-electron chi connectivity index (χ4n) is 8.73. The van der Waals surface area contributed by atoms with Gasteiger partial charge in [-0.2, -0.15) is 0 Å². The molecule has 169 valence electrons. The Kier molecular flexibility index (Phi) is 8.59. The van der Waals surface area contributed by atoms with Crippen LogP contribution in [-0.2, 0) is 4.79 Å². The largest absolute Gasteiger partial charge is 0.481 e. The molecule has 10 atom stereocenters. The van der Waals surface area contributed by atoms with Gasteiger partial charge in [0.1, 0.15) is 0 Å². The van der Waals surface area contributed by atoms with E-state index in [1.54, 1.807) is 0 Å². The Morgan fingerprint density at radius 2 is 1.63 bits per heavy atom. The second-order valence-electron chi connectivity index (χ2n) is 11.4. The van der Waals surface area contributed by atoms with Crippen molar-refractivity contribution in [1.82, 2.24) is 0 Å². The Morgan fingerprint density at radius 3 is 2.30 bits per heavy atom. The third kappa shape index (κ3) is 4.28. The van der Waals surface area contributed by atoms with E-state index in [9.17, 15) is 15.0 Å². The second kappa shape index (κ2) is 9.69. The maximum atomic E-state index is 11.2. The summed E-state index contributed by atoms with van der Waals surface area (Å²) in [6.07, 6.45) is 9.19. The van der Waals surface area contributed by atoms with Gasteiger partial charge in [-0.3, -0.25) is 4.79 Å². The van der Waals surface area contributed by atoms with Crippen LogP contribution in [0.5, 0.6) is 0 Å². The number of hydrogen-bond donors (Lipinski definition) is 3. The molecule has 0 amide bonds. The number of aliphatic carboxylic acids is 1. The van der Waals surface area contributed by atoms with Gasteiger partial charge in [-0.05, 0) is 104 Å². The van der Waals surface area contributed by atoms with Crippen LogP contribution in [0.1, 0.15) is 85.0 Å². The molecule has 0 unspecified atom stereocenters. The molecular formula is C24H42NaO5. The number of aliphatic hydroxyl groups is 2. The number of hydrogen-bond acceptors (Lipinski definition) is 3. The summed E-state index contributed by atoms with van der Waals surface area (Å²) < 4.78 is 0. The van der Waals surface area contributed by atoms with Crippen LogP contribution < -0.4 is 0 Å². The maximum Gasteiger partial charge on any atom is 0.303 e. The van der Waals surface area contributed by atoms with E-state index in [2.05, 4.69) is 20.8 Å². The molecule has 4 aliphatic carbocycles. The van der Waals surface area contributed by atoms with E-state index in [-0.39, 0.29) is 64.5 Å². The zero-order valence-electron chi connectivity index (χ0n) is 19.4. The summed E-state index contributed by atoms with van der Waals surface area (Å²) in [5, 5.41) is 30.5. The van der Waals surface area contributed by atoms with Crippen LogP contribution in [0.2, 0.25) is 0 Å². The van der Waals surface area contributed by atoms with Crippen molar-refractivity contribution in [2.24, 2.45) is 46.3 Å². The van der Waals surface area contributed by atoms with E-state index < -0.39 is 5.97 Å². The van der Waals surface area contributed by atoms with Crippen molar-refractivity contribution < 1.29 is 25.6 Å². The molecule has 0 aromatic heterocycles. The first-order valence-electron chi connectivity index (χ1n) is 11.7. The monoisotopic (exact) mass is 433 g/mol. The fourth-order valence-corrected chi connectivity index (χ4v) is 8.73. The first-order chi connectivity index (χ1) is 13.2. The number of aliphatic hydroxyl groups excluding tert-OH is 2. The SMILES string of the molecule is C[C@H](CCC(=O)O)[C@H]1CC[C@H]2[C@@H]3[C@H](O)C[C@@H]4C[C@H](O)CC[C@]4(C)[C@H]3CC[C@]12C.O.[Na]. The minimum Gasteiger partial charge on any atom is -0.481 e. The molecule has 0 aromatic carbocycles. The van der Waals surface area contributed by atoms with Crippen LogP contribution in [0.25, 0.3) is 0 Å². The van der Waals surface area contributed by atoms with Crippen LogP contribution in [-0.4, -0.2) is 68.5 Å². The van der Waals surface area contributed by atoms with Crippen molar-refractivity contribution in [1.29, 1.82) is 0 Å². The quantitative estimate of drug-likeness (QED) is 0.591. The molecule has 5 nitrogen and oxygen atoms in total. The van der Waals surface area contributed by atoms with Crippen molar-refractivity contribution in [2.75, 3.05) is 0 Å². The Hall–Kier alpha value is 0.350. The Morgan fingerprint density at radius 1 is 1.00 bits per heavy atom. The van der Waals surface area contributed by atoms with E-state index in [1.165, 1.54) is 25.7 Å². The predicted octanol–water partition coefficient (Wildman–Crippen LogP) is 3.27. The molecule has 0 aromatic rings. The molecule has 0 aliphatic heterocycles. The van der Waals surface area contributed by atoms with Crippen molar-refractivity contribution in [3.05, 3.63) is 0 Å². The zero-order chi connectivity index (χ0) is 20.3.